The molecule has 0 spiro atoms. The van der Waals surface area contributed by atoms with Crippen molar-refractivity contribution in [3.8, 4) is 0 Å². The zero-order valence-electron chi connectivity index (χ0n) is 7.56. The second kappa shape index (κ2) is 4.55. The Balaban J connectivity index is 2.39. The summed E-state index contributed by atoms with van der Waals surface area (Å²) < 4.78 is 5.19. The number of aliphatic hydroxyl groups is 2. The molecule has 1 amide bonds. The fraction of sp³-hybridized carbons (Fsp3) is 0.875. The molecule has 5 nitrogen and oxygen atoms in total. The monoisotopic (exact) mass is 189 g/mol. The normalized spacial score (nSPS) is 34.2. The van der Waals surface area contributed by atoms with Crippen LogP contribution in [0.2, 0.25) is 0 Å². The highest BCUT2D eigenvalue weighted by atomic mass is 16.5. The Morgan fingerprint density at radius 1 is 1.69 bits per heavy atom. The van der Waals surface area contributed by atoms with Crippen LogP contribution in [-0.4, -0.2) is 47.6 Å². The number of nitrogens with one attached hydrogen (secondary N) is 1. The zero-order chi connectivity index (χ0) is 9.84. The van der Waals surface area contributed by atoms with E-state index < -0.39 is 6.10 Å². The minimum absolute atomic E-state index is 0.0934. The summed E-state index contributed by atoms with van der Waals surface area (Å²) in [5.74, 6) is -0.185. The van der Waals surface area contributed by atoms with Gasteiger partial charge in [-0.1, -0.05) is 0 Å². The Morgan fingerprint density at radius 2 is 2.38 bits per heavy atom. The molecule has 76 valence electrons. The van der Waals surface area contributed by atoms with E-state index in [1.165, 1.54) is 6.92 Å². The first-order valence-electron chi connectivity index (χ1n) is 4.31. The maximum atomic E-state index is 10.7. The van der Waals surface area contributed by atoms with Gasteiger partial charge in [0.15, 0.2) is 0 Å². The third-order valence-corrected chi connectivity index (χ3v) is 2.07. The zero-order valence-corrected chi connectivity index (χ0v) is 7.56. The van der Waals surface area contributed by atoms with E-state index >= 15 is 0 Å². The van der Waals surface area contributed by atoms with E-state index in [2.05, 4.69) is 5.32 Å². The van der Waals surface area contributed by atoms with E-state index in [1.54, 1.807) is 0 Å². The Hall–Kier alpha value is -0.650. The van der Waals surface area contributed by atoms with Crippen molar-refractivity contribution in [3.63, 3.8) is 0 Å². The molecule has 1 heterocycles. The van der Waals surface area contributed by atoms with Crippen LogP contribution in [0.15, 0.2) is 0 Å². The maximum absolute atomic E-state index is 10.7. The van der Waals surface area contributed by atoms with Gasteiger partial charge in [-0.3, -0.25) is 4.79 Å². The molecule has 0 aromatic heterocycles. The Bertz CT molecular complexity index is 185. The van der Waals surface area contributed by atoms with Crippen molar-refractivity contribution in [3.05, 3.63) is 0 Å². The van der Waals surface area contributed by atoms with E-state index in [1.807, 2.05) is 0 Å². The highest BCUT2D eigenvalue weighted by Gasteiger charge is 2.29. The fourth-order valence-electron chi connectivity index (χ4n) is 1.38. The molecule has 1 aliphatic heterocycles. The molecule has 1 fully saturated rings. The second-order valence-corrected chi connectivity index (χ2v) is 3.25. The fourth-order valence-corrected chi connectivity index (χ4v) is 1.38. The largest absolute Gasteiger partial charge is 0.394 e. The predicted molar refractivity (Wildman–Crippen MR) is 45.1 cm³/mol. The number of rotatable bonds is 2. The van der Waals surface area contributed by atoms with E-state index in [-0.39, 0.29) is 31.3 Å². The molecule has 5 heteroatoms. The molecule has 0 radical (unpaired) electrons. The summed E-state index contributed by atoms with van der Waals surface area (Å²) in [6.07, 6.45) is -0.573. The van der Waals surface area contributed by atoms with Gasteiger partial charge in [-0.05, 0) is 0 Å². The summed E-state index contributed by atoms with van der Waals surface area (Å²) in [5, 5.41) is 20.8. The van der Waals surface area contributed by atoms with Gasteiger partial charge in [-0.25, -0.2) is 0 Å². The molecular formula is C8H15NO4. The highest BCUT2D eigenvalue weighted by Crippen LogP contribution is 2.13. The first-order chi connectivity index (χ1) is 6.13. The Morgan fingerprint density at radius 3 is 2.85 bits per heavy atom. The lowest BCUT2D eigenvalue weighted by Crippen LogP contribution is -2.51. The van der Waals surface area contributed by atoms with E-state index in [4.69, 9.17) is 9.84 Å². The van der Waals surface area contributed by atoms with Crippen LogP contribution in [0.5, 0.6) is 0 Å². The third kappa shape index (κ3) is 2.95. The molecule has 0 aliphatic carbocycles. The van der Waals surface area contributed by atoms with Crippen LogP contribution in [0.3, 0.4) is 0 Å². The van der Waals surface area contributed by atoms with Crippen molar-refractivity contribution < 1.29 is 19.7 Å². The lowest BCUT2D eigenvalue weighted by atomic mass is 10.0. The minimum atomic E-state index is -0.630. The molecule has 13 heavy (non-hydrogen) atoms. The predicted octanol–water partition coefficient (Wildman–Crippen LogP) is -1.37. The Kier molecular flexibility index (Phi) is 3.65. The van der Waals surface area contributed by atoms with Gasteiger partial charge < -0.3 is 20.3 Å². The molecule has 0 bridgehead atoms. The van der Waals surface area contributed by atoms with Crippen LogP contribution in [0.1, 0.15) is 13.3 Å². The van der Waals surface area contributed by atoms with E-state index in [0.717, 1.165) is 0 Å². The molecule has 1 aliphatic rings. The quantitative estimate of drug-likeness (QED) is 0.501. The molecular weight excluding hydrogens is 174 g/mol. The van der Waals surface area contributed by atoms with Gasteiger partial charge in [-0.15, -0.1) is 0 Å². The van der Waals surface area contributed by atoms with Gasteiger partial charge >= 0.3 is 0 Å². The van der Waals surface area contributed by atoms with Crippen LogP contribution in [0.25, 0.3) is 0 Å². The topological polar surface area (TPSA) is 78.8 Å². The summed E-state index contributed by atoms with van der Waals surface area (Å²) in [4.78, 5) is 10.7. The van der Waals surface area contributed by atoms with Crippen molar-refractivity contribution >= 4 is 5.91 Å². The van der Waals surface area contributed by atoms with Gasteiger partial charge in [0.2, 0.25) is 5.91 Å². The van der Waals surface area contributed by atoms with Gasteiger partial charge in [0.25, 0.3) is 0 Å². The number of carbonyl (C=O) groups is 1. The maximum Gasteiger partial charge on any atom is 0.217 e. The average molecular weight is 189 g/mol. The molecule has 1 saturated heterocycles. The average Bonchev–Trinajstić information content (AvgIpc) is 2.08. The smallest absolute Gasteiger partial charge is 0.217 e. The van der Waals surface area contributed by atoms with Gasteiger partial charge in [0.1, 0.15) is 0 Å². The number of hydrogen-bond donors (Lipinski definition) is 3. The lowest BCUT2D eigenvalue weighted by molar-refractivity contribution is -0.125. The van der Waals surface area contributed by atoms with Crippen molar-refractivity contribution in [1.29, 1.82) is 0 Å². The molecule has 1 rings (SSSR count). The number of hydrogen-bond acceptors (Lipinski definition) is 4. The molecule has 3 unspecified atom stereocenters. The number of amides is 1. The standard InChI is InChI=1S/C8H15NO4/c1-5(11)9-7-4-13-6(3-10)2-8(7)12/h6-8,10,12H,2-4H2,1H3,(H,9,11). The highest BCUT2D eigenvalue weighted by molar-refractivity contribution is 5.73. The number of carbonyl (C=O) groups excluding carboxylic acids is 1. The molecule has 3 atom stereocenters. The van der Waals surface area contributed by atoms with Crippen LogP contribution in [0, 0.1) is 0 Å². The van der Waals surface area contributed by atoms with Crippen molar-refractivity contribution in [1.82, 2.24) is 5.32 Å². The number of ether oxygens (including phenoxy) is 1. The summed E-state index contributed by atoms with van der Waals surface area (Å²) in [5.41, 5.74) is 0. The van der Waals surface area contributed by atoms with Crippen molar-refractivity contribution in [2.75, 3.05) is 13.2 Å². The summed E-state index contributed by atoms with van der Waals surface area (Å²) in [6, 6.07) is -0.347. The van der Waals surface area contributed by atoms with Crippen LogP contribution in [0.4, 0.5) is 0 Å². The third-order valence-electron chi connectivity index (χ3n) is 2.07. The first kappa shape index (κ1) is 10.4. The van der Waals surface area contributed by atoms with Gasteiger partial charge in [-0.2, -0.15) is 0 Å². The summed E-state index contributed by atoms with van der Waals surface area (Å²) >= 11 is 0. The van der Waals surface area contributed by atoms with Crippen molar-refractivity contribution in [2.24, 2.45) is 0 Å². The first-order valence-corrected chi connectivity index (χ1v) is 4.31. The van der Waals surface area contributed by atoms with Gasteiger partial charge in [0, 0.05) is 13.3 Å². The SMILES string of the molecule is CC(=O)NC1COC(CO)CC1O. The summed E-state index contributed by atoms with van der Waals surface area (Å²) in [6.45, 7) is 1.56. The lowest BCUT2D eigenvalue weighted by Gasteiger charge is -2.32. The van der Waals surface area contributed by atoms with Crippen LogP contribution < -0.4 is 5.32 Å². The van der Waals surface area contributed by atoms with E-state index in [9.17, 15) is 9.90 Å². The summed E-state index contributed by atoms with van der Waals surface area (Å²) in [7, 11) is 0. The molecule has 0 aromatic rings. The molecule has 0 aromatic carbocycles. The molecule has 0 saturated carbocycles. The van der Waals surface area contributed by atoms with Gasteiger partial charge in [0.05, 0.1) is 31.5 Å². The second-order valence-electron chi connectivity index (χ2n) is 3.25. The Labute approximate surface area is 76.7 Å². The minimum Gasteiger partial charge on any atom is -0.394 e. The van der Waals surface area contributed by atoms with Crippen LogP contribution >= 0.6 is 0 Å². The van der Waals surface area contributed by atoms with Crippen molar-refractivity contribution in [2.45, 2.75) is 31.6 Å². The molecule has 3 N–H and O–H groups in total. The number of aliphatic hydroxyl groups excluding tert-OH is 2. The van der Waals surface area contributed by atoms with E-state index in [0.29, 0.717) is 6.42 Å². The van der Waals surface area contributed by atoms with Crippen LogP contribution in [-0.2, 0) is 9.53 Å².